The van der Waals surface area contributed by atoms with Gasteiger partial charge in [0.15, 0.2) is 23.0 Å². The maximum absolute atomic E-state index is 10.6. The molecule has 0 radical (unpaired) electrons. The van der Waals surface area contributed by atoms with Gasteiger partial charge in [0.05, 0.1) is 11.9 Å². The number of aromatic nitrogens is 6. The van der Waals surface area contributed by atoms with E-state index in [0.717, 1.165) is 66.7 Å². The van der Waals surface area contributed by atoms with Gasteiger partial charge < -0.3 is 14.6 Å². The van der Waals surface area contributed by atoms with Gasteiger partial charge in [-0.1, -0.05) is 6.07 Å². The van der Waals surface area contributed by atoms with E-state index in [0.29, 0.717) is 12.7 Å². The van der Waals surface area contributed by atoms with Crippen LogP contribution in [0.2, 0.25) is 0 Å². The van der Waals surface area contributed by atoms with Gasteiger partial charge >= 0.3 is 12.1 Å². The Morgan fingerprint density at radius 2 is 1.84 bits per heavy atom. The summed E-state index contributed by atoms with van der Waals surface area (Å²) in [5, 5.41) is 25.0. The van der Waals surface area contributed by atoms with E-state index in [4.69, 9.17) is 24.5 Å². The minimum atomic E-state index is -5.08. The number of hydrogen-bond acceptors (Lipinski definition) is 8. The lowest BCUT2D eigenvalue weighted by Gasteiger charge is -2.31. The number of carboxylic acids is 1. The van der Waals surface area contributed by atoms with Crippen molar-refractivity contribution in [1.29, 1.82) is 0 Å². The van der Waals surface area contributed by atoms with Crippen molar-refractivity contribution in [3.8, 4) is 22.8 Å². The summed E-state index contributed by atoms with van der Waals surface area (Å²) in [6.07, 6.45) is 0.772. The lowest BCUT2D eigenvalue weighted by atomic mass is 9.95. The van der Waals surface area contributed by atoms with Crippen molar-refractivity contribution in [3.63, 3.8) is 0 Å². The normalized spacial score (nSPS) is 15.9. The number of ether oxygens (including phenoxy) is 2. The molecule has 1 aromatic carbocycles. The average molecular weight is 531 g/mol. The van der Waals surface area contributed by atoms with Gasteiger partial charge in [-0.25, -0.2) is 4.79 Å². The Bertz CT molecular complexity index is 1440. The van der Waals surface area contributed by atoms with E-state index >= 15 is 0 Å². The third kappa shape index (κ3) is 5.54. The fraction of sp³-hybridized carbons (Fsp3) is 0.375. The Morgan fingerprint density at radius 1 is 1.11 bits per heavy atom. The highest BCUT2D eigenvalue weighted by atomic mass is 19.4. The first kappa shape index (κ1) is 25.4. The fourth-order valence-corrected chi connectivity index (χ4v) is 4.41. The number of likely N-dealkylation sites (tertiary alicyclic amines) is 1. The number of hydrogen-bond donors (Lipinski definition) is 1. The van der Waals surface area contributed by atoms with Gasteiger partial charge in [-0.05, 0) is 55.8 Å². The maximum atomic E-state index is 10.6. The van der Waals surface area contributed by atoms with E-state index in [-0.39, 0.29) is 0 Å². The smallest absolute Gasteiger partial charge is 0.475 e. The summed E-state index contributed by atoms with van der Waals surface area (Å²) in [4.78, 5) is 11.4. The topological polar surface area (TPSA) is 120 Å². The molecule has 14 heteroatoms. The highest BCUT2D eigenvalue weighted by Gasteiger charge is 2.38. The summed E-state index contributed by atoms with van der Waals surface area (Å²) in [6.45, 7) is 3.24. The van der Waals surface area contributed by atoms with E-state index in [9.17, 15) is 13.2 Å². The maximum Gasteiger partial charge on any atom is 0.490 e. The molecule has 11 nitrogen and oxygen atoms in total. The summed E-state index contributed by atoms with van der Waals surface area (Å²) < 4.78 is 46.3. The number of halogens is 3. The Hall–Kier alpha value is -4.20. The van der Waals surface area contributed by atoms with Crippen LogP contribution in [0, 0.1) is 0 Å². The quantitative estimate of drug-likeness (QED) is 0.423. The van der Waals surface area contributed by atoms with Crippen LogP contribution in [0.25, 0.3) is 16.9 Å². The average Bonchev–Trinajstić information content (AvgIpc) is 3.63. The van der Waals surface area contributed by atoms with Crippen molar-refractivity contribution < 1.29 is 32.5 Å². The Balaban J connectivity index is 0.000000374. The summed E-state index contributed by atoms with van der Waals surface area (Å²) in [5.41, 5.74) is 3.90. The number of aryl methyl sites for hydroxylation is 1. The second-order valence-electron chi connectivity index (χ2n) is 8.99. The second-order valence-corrected chi connectivity index (χ2v) is 8.99. The van der Waals surface area contributed by atoms with Gasteiger partial charge in [0.2, 0.25) is 6.79 Å². The van der Waals surface area contributed by atoms with Gasteiger partial charge in [-0.15, -0.1) is 10.2 Å². The Kier molecular flexibility index (Phi) is 6.89. The number of benzene rings is 1. The zero-order chi connectivity index (χ0) is 26.9. The minimum absolute atomic E-state index is 0.313. The monoisotopic (exact) mass is 531 g/mol. The molecule has 0 aliphatic carbocycles. The van der Waals surface area contributed by atoms with Crippen molar-refractivity contribution in [1.82, 2.24) is 34.5 Å². The number of rotatable bonds is 4. The van der Waals surface area contributed by atoms with Crippen LogP contribution in [-0.2, 0) is 18.4 Å². The number of alkyl halides is 3. The predicted octanol–water partition coefficient (Wildman–Crippen LogP) is 3.27. The van der Waals surface area contributed by atoms with Gasteiger partial charge in [0, 0.05) is 31.3 Å². The van der Waals surface area contributed by atoms with Crippen molar-refractivity contribution in [3.05, 3.63) is 54.1 Å². The van der Waals surface area contributed by atoms with Crippen molar-refractivity contribution in [2.24, 2.45) is 7.05 Å². The number of nitrogens with zero attached hydrogens (tertiary/aromatic N) is 7. The van der Waals surface area contributed by atoms with E-state index in [2.05, 4.69) is 32.3 Å². The minimum Gasteiger partial charge on any atom is -0.475 e. The molecule has 5 heterocycles. The van der Waals surface area contributed by atoms with E-state index in [1.165, 1.54) is 5.56 Å². The highest BCUT2D eigenvalue weighted by Crippen LogP contribution is 2.34. The number of fused-ring (bicyclic) bond motifs is 2. The highest BCUT2D eigenvalue weighted by molar-refractivity contribution is 5.73. The molecule has 0 saturated carbocycles. The van der Waals surface area contributed by atoms with Gasteiger partial charge in [0.25, 0.3) is 0 Å². The SMILES string of the molecule is Cn1cc(-c2ccc3nnc(C4CCN(Cc5ccc6c(c5)OCO6)CC4)n3n2)cn1.O=C(O)C(F)(F)F. The van der Waals surface area contributed by atoms with Crippen LogP contribution in [0.1, 0.15) is 30.1 Å². The first-order valence-electron chi connectivity index (χ1n) is 11.8. The number of aliphatic carboxylic acids is 1. The molecule has 1 N–H and O–H groups in total. The van der Waals surface area contributed by atoms with Crippen LogP contribution in [-0.4, -0.2) is 71.6 Å². The molecule has 0 atom stereocenters. The fourth-order valence-electron chi connectivity index (χ4n) is 4.41. The third-order valence-corrected chi connectivity index (χ3v) is 6.33. The summed E-state index contributed by atoms with van der Waals surface area (Å²) in [5.74, 6) is 0.215. The molecule has 1 saturated heterocycles. The van der Waals surface area contributed by atoms with Gasteiger partial charge in [0.1, 0.15) is 0 Å². The van der Waals surface area contributed by atoms with Crippen molar-refractivity contribution >= 4 is 11.6 Å². The lowest BCUT2D eigenvalue weighted by molar-refractivity contribution is -0.192. The molecule has 4 aromatic rings. The standard InChI is InChI=1S/C22H23N7O2.C2HF3O2/c1-27-13-17(11-23-27)18-3-5-21-24-25-22(29(21)26-18)16-6-8-28(9-7-16)12-15-2-4-19-20(10-15)31-14-30-19;3-2(4,5)1(6)7/h2-5,10-11,13,16H,6-9,12,14H2,1H3;(H,6,7). The predicted molar refractivity (Wildman–Crippen MR) is 126 cm³/mol. The molecule has 0 spiro atoms. The molecule has 0 unspecified atom stereocenters. The molecule has 3 aromatic heterocycles. The summed E-state index contributed by atoms with van der Waals surface area (Å²) in [6, 6.07) is 10.2. The zero-order valence-corrected chi connectivity index (χ0v) is 20.3. The third-order valence-electron chi connectivity index (χ3n) is 6.33. The lowest BCUT2D eigenvalue weighted by Crippen LogP contribution is -2.33. The number of carbonyl (C=O) groups is 1. The van der Waals surface area contributed by atoms with Gasteiger partial charge in [-0.3, -0.25) is 9.58 Å². The zero-order valence-electron chi connectivity index (χ0n) is 20.3. The molecule has 0 bridgehead atoms. The number of piperidine rings is 1. The first-order chi connectivity index (χ1) is 18.2. The van der Waals surface area contributed by atoms with Crippen LogP contribution in [0.4, 0.5) is 13.2 Å². The molecule has 38 heavy (non-hydrogen) atoms. The molecule has 2 aliphatic rings. The molecule has 200 valence electrons. The molecule has 2 aliphatic heterocycles. The van der Waals surface area contributed by atoms with Crippen LogP contribution >= 0.6 is 0 Å². The Morgan fingerprint density at radius 3 is 2.53 bits per heavy atom. The molecule has 6 rings (SSSR count). The van der Waals surface area contributed by atoms with E-state index in [1.807, 2.05) is 42.2 Å². The van der Waals surface area contributed by atoms with Crippen molar-refractivity contribution in [2.45, 2.75) is 31.5 Å². The van der Waals surface area contributed by atoms with Crippen LogP contribution in [0.15, 0.2) is 42.7 Å². The van der Waals surface area contributed by atoms with Crippen LogP contribution in [0.5, 0.6) is 11.5 Å². The summed E-state index contributed by atoms with van der Waals surface area (Å²) >= 11 is 0. The van der Waals surface area contributed by atoms with Crippen LogP contribution < -0.4 is 9.47 Å². The van der Waals surface area contributed by atoms with Gasteiger partial charge in [-0.2, -0.15) is 27.9 Å². The molecule has 0 amide bonds. The molecule has 1 fully saturated rings. The Labute approximate surface area is 214 Å². The van der Waals surface area contributed by atoms with Crippen LogP contribution in [0.3, 0.4) is 0 Å². The largest absolute Gasteiger partial charge is 0.490 e. The second kappa shape index (κ2) is 10.3. The summed E-state index contributed by atoms with van der Waals surface area (Å²) in [7, 11) is 1.91. The first-order valence-corrected chi connectivity index (χ1v) is 11.8. The van der Waals surface area contributed by atoms with Crippen molar-refractivity contribution in [2.75, 3.05) is 19.9 Å². The van der Waals surface area contributed by atoms with E-state index < -0.39 is 12.1 Å². The van der Waals surface area contributed by atoms with E-state index in [1.54, 1.807) is 4.68 Å². The number of carboxylic acid groups (broad SMARTS) is 1. The molecular weight excluding hydrogens is 507 g/mol. The molecular formula is C24H24F3N7O4.